The van der Waals surface area contributed by atoms with Gasteiger partial charge >= 0.3 is 0 Å². The third-order valence-electron chi connectivity index (χ3n) is 6.24. The number of methoxy groups -OCH3 is 2. The summed E-state index contributed by atoms with van der Waals surface area (Å²) in [5.74, 6) is 0.866. The fourth-order valence-corrected chi connectivity index (χ4v) is 4.14. The van der Waals surface area contributed by atoms with E-state index in [1.165, 1.54) is 0 Å². The lowest BCUT2D eigenvalue weighted by atomic mass is 10.1. The predicted octanol–water partition coefficient (Wildman–Crippen LogP) is 4.16. The Labute approximate surface area is 192 Å². The van der Waals surface area contributed by atoms with Crippen molar-refractivity contribution in [2.45, 2.75) is 32.4 Å². The van der Waals surface area contributed by atoms with Gasteiger partial charge in [0.05, 0.1) is 37.1 Å². The third kappa shape index (κ3) is 3.71. The van der Waals surface area contributed by atoms with Crippen LogP contribution in [0.25, 0.3) is 27.8 Å². The van der Waals surface area contributed by atoms with Gasteiger partial charge in [0.1, 0.15) is 23.4 Å². The molecule has 1 amide bonds. The lowest BCUT2D eigenvalue weighted by Gasteiger charge is -2.21. The maximum absolute atomic E-state index is 13.1. The second kappa shape index (κ2) is 8.27. The maximum Gasteiger partial charge on any atom is 0.261 e. The number of rotatable bonds is 7. The molecule has 4 aromatic rings. The number of ether oxygens (including phenoxy) is 2. The van der Waals surface area contributed by atoms with E-state index in [9.17, 15) is 4.79 Å². The Kier molecular flexibility index (Phi) is 5.28. The molecule has 0 bridgehead atoms. The van der Waals surface area contributed by atoms with Gasteiger partial charge in [0.15, 0.2) is 0 Å². The van der Waals surface area contributed by atoms with Crippen LogP contribution in [0.5, 0.6) is 11.5 Å². The molecule has 8 heteroatoms. The van der Waals surface area contributed by atoms with Crippen LogP contribution in [0.4, 0.5) is 0 Å². The molecule has 2 heterocycles. The van der Waals surface area contributed by atoms with Crippen molar-refractivity contribution >= 4 is 16.9 Å². The lowest BCUT2D eigenvalue weighted by Crippen LogP contribution is -2.29. The fourth-order valence-electron chi connectivity index (χ4n) is 4.14. The van der Waals surface area contributed by atoms with Gasteiger partial charge in [-0.1, -0.05) is 6.07 Å². The Morgan fingerprint density at radius 1 is 1.12 bits per heavy atom. The Morgan fingerprint density at radius 2 is 1.85 bits per heavy atom. The summed E-state index contributed by atoms with van der Waals surface area (Å²) in [5.41, 5.74) is 5.18. The van der Waals surface area contributed by atoms with E-state index in [0.29, 0.717) is 23.1 Å². The highest BCUT2D eigenvalue weighted by molar-refractivity contribution is 6.00. The van der Waals surface area contributed by atoms with Gasteiger partial charge < -0.3 is 14.4 Å². The van der Waals surface area contributed by atoms with Gasteiger partial charge in [-0.2, -0.15) is 5.10 Å². The molecule has 1 aliphatic rings. The van der Waals surface area contributed by atoms with Crippen molar-refractivity contribution in [3.05, 3.63) is 54.6 Å². The second-order valence-corrected chi connectivity index (χ2v) is 8.28. The number of nitrogens with zero attached hydrogens (tertiary/aromatic N) is 5. The summed E-state index contributed by atoms with van der Waals surface area (Å²) >= 11 is 0. The first kappa shape index (κ1) is 21.1. The van der Waals surface area contributed by atoms with Crippen molar-refractivity contribution < 1.29 is 14.3 Å². The molecule has 0 aliphatic heterocycles. The summed E-state index contributed by atoms with van der Waals surface area (Å²) in [5, 5.41) is 4.36. The first-order chi connectivity index (χ1) is 16.0. The molecule has 5 rings (SSSR count). The van der Waals surface area contributed by atoms with Gasteiger partial charge in [-0.3, -0.25) is 14.0 Å². The van der Waals surface area contributed by atoms with Crippen LogP contribution in [0.2, 0.25) is 0 Å². The van der Waals surface area contributed by atoms with E-state index in [1.54, 1.807) is 25.4 Å². The first-order valence-electron chi connectivity index (χ1n) is 11.1. The van der Waals surface area contributed by atoms with Gasteiger partial charge in [0.2, 0.25) is 0 Å². The number of amides is 1. The van der Waals surface area contributed by atoms with Gasteiger partial charge in [-0.15, -0.1) is 0 Å². The Morgan fingerprint density at radius 3 is 2.45 bits per heavy atom. The minimum absolute atomic E-state index is 0.0921. The maximum atomic E-state index is 13.1. The van der Waals surface area contributed by atoms with Crippen molar-refractivity contribution in [3.8, 4) is 28.3 Å². The minimum atomic E-state index is -0.0921. The topological polar surface area (TPSA) is 74.4 Å². The molecule has 2 aromatic heterocycles. The van der Waals surface area contributed by atoms with Gasteiger partial charge in [-0.25, -0.2) is 4.98 Å². The number of fused-ring (bicyclic) bond motifs is 1. The molecular weight excluding hydrogens is 418 g/mol. The molecule has 8 nitrogen and oxygen atoms in total. The van der Waals surface area contributed by atoms with Crippen LogP contribution in [0, 0.1) is 0 Å². The van der Waals surface area contributed by atoms with Crippen molar-refractivity contribution in [1.82, 2.24) is 24.2 Å². The Balaban J connectivity index is 1.55. The summed E-state index contributed by atoms with van der Waals surface area (Å²) in [7, 11) is 4.97. The van der Waals surface area contributed by atoms with Crippen LogP contribution in [0.3, 0.4) is 0 Å². The van der Waals surface area contributed by atoms with Crippen molar-refractivity contribution in [2.75, 3.05) is 21.3 Å². The molecule has 0 spiro atoms. The molecular formula is C25H27N5O3. The number of hydrogen-bond donors (Lipinski definition) is 0. The summed E-state index contributed by atoms with van der Waals surface area (Å²) in [4.78, 5) is 19.5. The summed E-state index contributed by atoms with van der Waals surface area (Å²) in [6.07, 6.45) is 7.74. The van der Waals surface area contributed by atoms with Crippen molar-refractivity contribution in [1.29, 1.82) is 0 Å². The van der Waals surface area contributed by atoms with E-state index in [1.807, 2.05) is 46.9 Å². The summed E-state index contributed by atoms with van der Waals surface area (Å²) in [6, 6.07) is 10.2. The molecule has 2 aromatic carbocycles. The van der Waals surface area contributed by atoms with Gasteiger partial charge in [0.25, 0.3) is 5.91 Å². The molecule has 33 heavy (non-hydrogen) atoms. The third-order valence-corrected chi connectivity index (χ3v) is 6.24. The lowest BCUT2D eigenvalue weighted by molar-refractivity contribution is 0.0778. The predicted molar refractivity (Wildman–Crippen MR) is 126 cm³/mol. The second-order valence-electron chi connectivity index (χ2n) is 8.28. The highest BCUT2D eigenvalue weighted by Crippen LogP contribution is 2.36. The number of aryl methyl sites for hydroxylation is 1. The highest BCUT2D eigenvalue weighted by atomic mass is 16.5. The average molecular weight is 446 g/mol. The van der Waals surface area contributed by atoms with Crippen LogP contribution < -0.4 is 9.47 Å². The van der Waals surface area contributed by atoms with Crippen molar-refractivity contribution in [2.24, 2.45) is 0 Å². The number of carbonyl (C=O) groups is 1. The van der Waals surface area contributed by atoms with E-state index in [-0.39, 0.29) is 5.91 Å². The molecule has 0 radical (unpaired) electrons. The van der Waals surface area contributed by atoms with E-state index in [0.717, 1.165) is 47.2 Å². The van der Waals surface area contributed by atoms with E-state index < -0.39 is 0 Å². The van der Waals surface area contributed by atoms with Gasteiger partial charge in [0, 0.05) is 43.5 Å². The first-order valence-corrected chi connectivity index (χ1v) is 11.1. The monoisotopic (exact) mass is 445 g/mol. The summed E-state index contributed by atoms with van der Waals surface area (Å²) in [6.45, 7) is 2.89. The number of benzene rings is 2. The molecule has 0 saturated heterocycles. The normalized spacial score (nSPS) is 13.3. The van der Waals surface area contributed by atoms with Crippen LogP contribution in [-0.4, -0.2) is 57.4 Å². The molecule has 1 saturated carbocycles. The zero-order valence-corrected chi connectivity index (χ0v) is 19.3. The van der Waals surface area contributed by atoms with Crippen LogP contribution in [0.15, 0.2) is 49.1 Å². The van der Waals surface area contributed by atoms with Crippen LogP contribution in [0.1, 0.15) is 30.1 Å². The Bertz CT molecular complexity index is 1310. The standard InChI is InChI=1S/C25H27N5O3/c1-5-29-14-17(13-27-29)16-6-9-21-20(10-16)26-15-30(21)19-11-22(32-3)24(23(12-19)33-4)25(31)28(2)18-7-8-18/h6,9-15,18H,5,7-8H2,1-4H3. The van der Waals surface area contributed by atoms with E-state index in [2.05, 4.69) is 29.1 Å². The largest absolute Gasteiger partial charge is 0.496 e. The molecule has 1 fully saturated rings. The highest BCUT2D eigenvalue weighted by Gasteiger charge is 2.33. The quantitative estimate of drug-likeness (QED) is 0.427. The summed E-state index contributed by atoms with van der Waals surface area (Å²) < 4.78 is 15.1. The number of hydrogen-bond acceptors (Lipinski definition) is 5. The molecule has 0 unspecified atom stereocenters. The zero-order valence-electron chi connectivity index (χ0n) is 19.3. The fraction of sp³-hybridized carbons (Fsp3) is 0.320. The molecule has 170 valence electrons. The van der Waals surface area contributed by atoms with Crippen molar-refractivity contribution in [3.63, 3.8) is 0 Å². The van der Waals surface area contributed by atoms with E-state index >= 15 is 0 Å². The van der Waals surface area contributed by atoms with E-state index in [4.69, 9.17) is 9.47 Å². The molecule has 1 aliphatic carbocycles. The molecule has 0 N–H and O–H groups in total. The number of aromatic nitrogens is 4. The van der Waals surface area contributed by atoms with Crippen LogP contribution >= 0.6 is 0 Å². The minimum Gasteiger partial charge on any atom is -0.496 e. The SMILES string of the molecule is CCn1cc(-c2ccc3c(c2)ncn3-c2cc(OC)c(C(=O)N(C)C3CC3)c(OC)c2)cn1. The smallest absolute Gasteiger partial charge is 0.261 e. The number of imidazole rings is 1. The zero-order chi connectivity index (χ0) is 23.1. The van der Waals surface area contributed by atoms with Crippen LogP contribution in [-0.2, 0) is 6.54 Å². The average Bonchev–Trinajstić information content (AvgIpc) is 3.43. The number of carbonyl (C=O) groups excluding carboxylic acids is 1. The van der Waals surface area contributed by atoms with Gasteiger partial charge in [-0.05, 0) is 37.5 Å². The molecule has 0 atom stereocenters. The Hall–Kier alpha value is -3.81.